The molecular formula is C23H23N3O4S. The van der Waals surface area contributed by atoms with Crippen molar-refractivity contribution in [2.45, 2.75) is 26.3 Å². The van der Waals surface area contributed by atoms with Gasteiger partial charge in [-0.2, -0.15) is 5.10 Å². The quantitative estimate of drug-likeness (QED) is 0.621. The van der Waals surface area contributed by atoms with Gasteiger partial charge >= 0.3 is 5.91 Å². The normalized spacial score (nSPS) is 16.3. The minimum Gasteiger partial charge on any atom is -0.459 e. The van der Waals surface area contributed by atoms with Crippen LogP contribution in [0.5, 0.6) is 0 Å². The third-order valence-electron chi connectivity index (χ3n) is 5.15. The van der Waals surface area contributed by atoms with Crippen LogP contribution in [0.4, 0.5) is 5.69 Å². The largest absolute Gasteiger partial charge is 0.459 e. The lowest BCUT2D eigenvalue weighted by atomic mass is 9.97. The lowest BCUT2D eigenvalue weighted by Gasteiger charge is -2.21. The van der Waals surface area contributed by atoms with Crippen molar-refractivity contribution in [2.75, 3.05) is 10.5 Å². The van der Waals surface area contributed by atoms with Crippen LogP contribution in [-0.2, 0) is 10.0 Å². The van der Waals surface area contributed by atoms with Gasteiger partial charge in [0.1, 0.15) is 0 Å². The molecule has 3 aromatic rings. The first-order valence-corrected chi connectivity index (χ1v) is 11.6. The van der Waals surface area contributed by atoms with Crippen molar-refractivity contribution in [1.29, 1.82) is 0 Å². The Labute approximate surface area is 181 Å². The van der Waals surface area contributed by atoms with Crippen LogP contribution < -0.4 is 4.72 Å². The second-order valence-electron chi connectivity index (χ2n) is 7.39. The van der Waals surface area contributed by atoms with Gasteiger partial charge in [-0.25, -0.2) is 13.4 Å². The second-order valence-corrected chi connectivity index (χ2v) is 9.40. The molecule has 2 heterocycles. The number of carbonyl (C=O) groups excluding carboxylic acids is 1. The van der Waals surface area contributed by atoms with Crippen LogP contribution in [0.25, 0.3) is 0 Å². The van der Waals surface area contributed by atoms with Crippen LogP contribution in [0.3, 0.4) is 0 Å². The molecule has 0 spiro atoms. The lowest BCUT2D eigenvalue weighted by molar-refractivity contribution is 0.0678. The topological polar surface area (TPSA) is 92.0 Å². The zero-order valence-corrected chi connectivity index (χ0v) is 18.1. The summed E-state index contributed by atoms with van der Waals surface area (Å²) in [6.07, 6.45) is 2.00. The van der Waals surface area contributed by atoms with E-state index in [9.17, 15) is 13.2 Å². The molecule has 1 aliphatic rings. The van der Waals surface area contributed by atoms with Gasteiger partial charge in [0.05, 0.1) is 23.8 Å². The maximum absolute atomic E-state index is 13.0. The molecule has 31 heavy (non-hydrogen) atoms. The summed E-state index contributed by atoms with van der Waals surface area (Å²) in [6, 6.07) is 18.1. The molecule has 1 N–H and O–H groups in total. The number of sulfonamides is 1. The van der Waals surface area contributed by atoms with Gasteiger partial charge in [0.15, 0.2) is 5.76 Å². The number of benzene rings is 2. The maximum atomic E-state index is 13.0. The van der Waals surface area contributed by atoms with Gasteiger partial charge in [0, 0.05) is 12.1 Å². The standard InChI is InChI=1S/C23H23N3O4S/c1-3-31(28,29)25-19-11-9-17(10-12-19)20-15-21(18-7-4-6-16(2)14-18)26(24-20)23(27)22-8-5-13-30-22/h4-14,21,25H,3,15H2,1-2H3/t21-/m0/s1. The predicted octanol–water partition coefficient (Wildman–Crippen LogP) is 4.34. The van der Waals surface area contributed by atoms with Crippen LogP contribution in [0.2, 0.25) is 0 Å². The smallest absolute Gasteiger partial charge is 0.310 e. The molecule has 160 valence electrons. The van der Waals surface area contributed by atoms with E-state index in [1.807, 2.05) is 31.2 Å². The molecular weight excluding hydrogens is 414 g/mol. The van der Waals surface area contributed by atoms with Crippen LogP contribution in [0, 0.1) is 6.92 Å². The fraction of sp³-hybridized carbons (Fsp3) is 0.217. The predicted molar refractivity (Wildman–Crippen MR) is 119 cm³/mol. The molecule has 0 bridgehead atoms. The summed E-state index contributed by atoms with van der Waals surface area (Å²) in [5.41, 5.74) is 4.15. The molecule has 0 radical (unpaired) electrons. The zero-order chi connectivity index (χ0) is 22.0. The van der Waals surface area contributed by atoms with Gasteiger partial charge in [0.2, 0.25) is 10.0 Å². The Hall–Kier alpha value is -3.39. The highest BCUT2D eigenvalue weighted by Crippen LogP contribution is 2.34. The summed E-state index contributed by atoms with van der Waals surface area (Å²) < 4.78 is 31.4. The van der Waals surface area contributed by atoms with E-state index in [2.05, 4.69) is 9.82 Å². The SMILES string of the molecule is CCS(=O)(=O)Nc1ccc(C2=NN(C(=O)c3ccco3)[C@H](c3cccc(C)c3)C2)cc1. The first kappa shape index (κ1) is 20.9. The molecule has 1 amide bonds. The summed E-state index contributed by atoms with van der Waals surface area (Å²) in [5, 5.41) is 6.09. The summed E-state index contributed by atoms with van der Waals surface area (Å²) in [4.78, 5) is 13.0. The van der Waals surface area contributed by atoms with Crippen LogP contribution in [-0.4, -0.2) is 30.8 Å². The zero-order valence-electron chi connectivity index (χ0n) is 17.3. The molecule has 1 aliphatic heterocycles. The highest BCUT2D eigenvalue weighted by atomic mass is 32.2. The Morgan fingerprint density at radius 2 is 1.94 bits per heavy atom. The van der Waals surface area contributed by atoms with Crippen molar-refractivity contribution >= 4 is 27.3 Å². The average Bonchev–Trinajstić information content (AvgIpc) is 3.44. The number of anilines is 1. The number of aryl methyl sites for hydroxylation is 1. The molecule has 0 saturated carbocycles. The second kappa shape index (κ2) is 8.39. The van der Waals surface area contributed by atoms with E-state index < -0.39 is 10.0 Å². The van der Waals surface area contributed by atoms with Gasteiger partial charge in [-0.05, 0) is 49.2 Å². The van der Waals surface area contributed by atoms with Crippen LogP contribution in [0.1, 0.15) is 46.6 Å². The lowest BCUT2D eigenvalue weighted by Crippen LogP contribution is -2.26. The molecule has 0 aliphatic carbocycles. The minimum atomic E-state index is -3.34. The molecule has 1 atom stereocenters. The van der Waals surface area contributed by atoms with Gasteiger partial charge in [0.25, 0.3) is 0 Å². The highest BCUT2D eigenvalue weighted by molar-refractivity contribution is 7.92. The van der Waals surface area contributed by atoms with E-state index in [4.69, 9.17) is 4.42 Å². The molecule has 7 nitrogen and oxygen atoms in total. The summed E-state index contributed by atoms with van der Waals surface area (Å²) in [5.74, 6) is -0.0745. The van der Waals surface area contributed by atoms with E-state index >= 15 is 0 Å². The summed E-state index contributed by atoms with van der Waals surface area (Å²) in [7, 11) is -3.34. The Morgan fingerprint density at radius 1 is 1.16 bits per heavy atom. The molecule has 1 aromatic heterocycles. The third kappa shape index (κ3) is 4.54. The van der Waals surface area contributed by atoms with E-state index in [0.29, 0.717) is 12.1 Å². The van der Waals surface area contributed by atoms with E-state index in [1.165, 1.54) is 11.3 Å². The fourth-order valence-electron chi connectivity index (χ4n) is 3.50. The highest BCUT2D eigenvalue weighted by Gasteiger charge is 2.34. The van der Waals surface area contributed by atoms with Crippen molar-refractivity contribution in [1.82, 2.24) is 5.01 Å². The van der Waals surface area contributed by atoms with Gasteiger partial charge in [-0.3, -0.25) is 9.52 Å². The van der Waals surface area contributed by atoms with E-state index in [-0.39, 0.29) is 23.5 Å². The van der Waals surface area contributed by atoms with Crippen molar-refractivity contribution in [2.24, 2.45) is 5.10 Å². The number of hydrazone groups is 1. The number of furan rings is 1. The Bertz CT molecular complexity index is 1220. The molecule has 0 fully saturated rings. The number of hydrogen-bond donors (Lipinski definition) is 1. The Morgan fingerprint density at radius 3 is 2.58 bits per heavy atom. The summed E-state index contributed by atoms with van der Waals surface area (Å²) >= 11 is 0. The van der Waals surface area contributed by atoms with Crippen LogP contribution in [0.15, 0.2) is 76.4 Å². The van der Waals surface area contributed by atoms with Crippen molar-refractivity contribution in [3.05, 3.63) is 89.4 Å². The first-order valence-electron chi connectivity index (χ1n) is 9.98. The minimum absolute atomic E-state index is 0.00346. The Kier molecular flexibility index (Phi) is 5.65. The van der Waals surface area contributed by atoms with Gasteiger partial charge in [-0.15, -0.1) is 0 Å². The van der Waals surface area contributed by atoms with Crippen LogP contribution >= 0.6 is 0 Å². The number of nitrogens with one attached hydrogen (secondary N) is 1. The number of amides is 1. The van der Waals surface area contributed by atoms with Crippen molar-refractivity contribution in [3.8, 4) is 0 Å². The maximum Gasteiger partial charge on any atom is 0.310 e. The van der Waals surface area contributed by atoms with Crippen molar-refractivity contribution in [3.63, 3.8) is 0 Å². The third-order valence-corrected chi connectivity index (χ3v) is 6.46. The molecule has 0 saturated heterocycles. The first-order chi connectivity index (χ1) is 14.9. The fourth-order valence-corrected chi connectivity index (χ4v) is 4.14. The number of rotatable bonds is 6. The molecule has 4 rings (SSSR count). The number of nitrogens with zero attached hydrogens (tertiary/aromatic N) is 2. The van der Waals surface area contributed by atoms with Gasteiger partial charge in [-0.1, -0.05) is 42.0 Å². The molecule has 0 unspecified atom stereocenters. The van der Waals surface area contributed by atoms with Crippen molar-refractivity contribution < 1.29 is 17.6 Å². The van der Waals surface area contributed by atoms with Gasteiger partial charge < -0.3 is 4.42 Å². The monoisotopic (exact) mass is 437 g/mol. The van der Waals surface area contributed by atoms with E-state index in [1.54, 1.807) is 43.3 Å². The number of carbonyl (C=O) groups is 1. The average molecular weight is 438 g/mol. The number of hydrogen-bond acceptors (Lipinski definition) is 5. The Balaban J connectivity index is 1.65. The molecule has 2 aromatic carbocycles. The van der Waals surface area contributed by atoms with E-state index in [0.717, 1.165) is 22.4 Å². The molecule has 8 heteroatoms. The summed E-state index contributed by atoms with van der Waals surface area (Å²) in [6.45, 7) is 3.59.